The van der Waals surface area contributed by atoms with Crippen molar-refractivity contribution >= 4 is 58.3 Å². The Morgan fingerprint density at radius 3 is 2.12 bits per heavy atom. The lowest BCUT2D eigenvalue weighted by Gasteiger charge is -2.18. The van der Waals surface area contributed by atoms with Gasteiger partial charge in [0, 0.05) is 16.1 Å². The monoisotopic (exact) mass is 607 g/mol. The number of rotatable bonds is 10. The van der Waals surface area contributed by atoms with E-state index in [9.17, 15) is 18.8 Å². The standard InChI is InChI=1S/C34H26FN3O3S2/c35-28-13-7-8-14-29(28)37-34(41)31(24-9-3-1-4-10-24)43-27-17-15-26(16-18-27)36-33(40)30(21-23-19-20-42-22-23)38-32(39)25-11-5-2-6-12-25/h1-22,31H,(H,36,40)(H,37,41)(H,38,39)/b30-21-. The summed E-state index contributed by atoms with van der Waals surface area (Å²) in [6, 6.07) is 32.8. The molecule has 1 heterocycles. The number of amides is 3. The lowest BCUT2D eigenvalue weighted by atomic mass is 10.1. The Kier molecular flexibility index (Phi) is 9.78. The maximum Gasteiger partial charge on any atom is 0.272 e. The largest absolute Gasteiger partial charge is 0.322 e. The summed E-state index contributed by atoms with van der Waals surface area (Å²) in [6.45, 7) is 0. The van der Waals surface area contributed by atoms with E-state index in [1.54, 1.807) is 66.7 Å². The number of hydrogen-bond acceptors (Lipinski definition) is 5. The van der Waals surface area contributed by atoms with Crippen LogP contribution in [0.3, 0.4) is 0 Å². The summed E-state index contributed by atoms with van der Waals surface area (Å²) in [5, 5.41) is 11.4. The SMILES string of the molecule is O=C(Nc1ccc(SC(C(=O)Nc2ccccc2F)c2ccccc2)cc1)/C(=C/c1ccsc1)NC(=O)c1ccccc1. The topological polar surface area (TPSA) is 87.3 Å². The molecule has 0 aliphatic rings. The van der Waals surface area contributed by atoms with E-state index in [4.69, 9.17) is 0 Å². The van der Waals surface area contributed by atoms with Crippen LogP contribution in [0.25, 0.3) is 6.08 Å². The van der Waals surface area contributed by atoms with Crippen LogP contribution in [0.15, 0.2) is 137 Å². The minimum atomic E-state index is -0.658. The average Bonchev–Trinajstić information content (AvgIpc) is 3.55. The fourth-order valence-electron chi connectivity index (χ4n) is 4.08. The number of carbonyl (C=O) groups excluding carboxylic acids is 3. The van der Waals surface area contributed by atoms with E-state index >= 15 is 0 Å². The fourth-order valence-corrected chi connectivity index (χ4v) is 5.72. The Morgan fingerprint density at radius 2 is 1.44 bits per heavy atom. The van der Waals surface area contributed by atoms with Crippen LogP contribution in [-0.2, 0) is 9.59 Å². The normalized spacial score (nSPS) is 11.8. The van der Waals surface area contributed by atoms with Crippen molar-refractivity contribution in [3.8, 4) is 0 Å². The molecule has 0 bridgehead atoms. The Morgan fingerprint density at radius 1 is 0.767 bits per heavy atom. The summed E-state index contributed by atoms with van der Waals surface area (Å²) < 4.78 is 14.2. The minimum Gasteiger partial charge on any atom is -0.322 e. The van der Waals surface area contributed by atoms with Crippen molar-refractivity contribution in [2.24, 2.45) is 0 Å². The third kappa shape index (κ3) is 8.06. The van der Waals surface area contributed by atoms with E-state index in [0.29, 0.717) is 11.3 Å². The molecular weight excluding hydrogens is 582 g/mol. The first-order chi connectivity index (χ1) is 21.0. The molecule has 5 rings (SSSR count). The van der Waals surface area contributed by atoms with E-state index in [1.165, 1.54) is 35.2 Å². The highest BCUT2D eigenvalue weighted by molar-refractivity contribution is 8.00. The molecular formula is C34H26FN3O3S2. The van der Waals surface area contributed by atoms with Gasteiger partial charge in [0.1, 0.15) is 16.8 Å². The number of nitrogens with one attached hydrogen (secondary N) is 3. The highest BCUT2D eigenvalue weighted by Gasteiger charge is 2.23. The van der Waals surface area contributed by atoms with Crippen LogP contribution in [0.2, 0.25) is 0 Å². The van der Waals surface area contributed by atoms with E-state index < -0.39 is 22.9 Å². The van der Waals surface area contributed by atoms with Crippen LogP contribution < -0.4 is 16.0 Å². The second-order valence-electron chi connectivity index (χ2n) is 9.29. The first kappa shape index (κ1) is 29.5. The Bertz CT molecular complexity index is 1730. The molecule has 0 aliphatic carbocycles. The minimum absolute atomic E-state index is 0.0969. The smallest absolute Gasteiger partial charge is 0.272 e. The summed E-state index contributed by atoms with van der Waals surface area (Å²) in [7, 11) is 0. The number of para-hydroxylation sites is 1. The lowest BCUT2D eigenvalue weighted by molar-refractivity contribution is -0.116. The van der Waals surface area contributed by atoms with Crippen molar-refractivity contribution in [3.63, 3.8) is 0 Å². The van der Waals surface area contributed by atoms with Gasteiger partial charge in [0.15, 0.2) is 0 Å². The van der Waals surface area contributed by atoms with Gasteiger partial charge in [-0.2, -0.15) is 11.3 Å². The molecule has 3 amide bonds. The third-order valence-electron chi connectivity index (χ3n) is 6.22. The molecule has 0 radical (unpaired) electrons. The number of carbonyl (C=O) groups is 3. The van der Waals surface area contributed by atoms with Gasteiger partial charge in [0.05, 0.1) is 5.69 Å². The number of anilines is 2. The van der Waals surface area contributed by atoms with Gasteiger partial charge in [-0.15, -0.1) is 11.8 Å². The molecule has 1 unspecified atom stereocenters. The maximum atomic E-state index is 14.2. The van der Waals surface area contributed by atoms with E-state index in [-0.39, 0.29) is 17.3 Å². The summed E-state index contributed by atoms with van der Waals surface area (Å²) in [5.74, 6) is -1.76. The number of benzene rings is 4. The lowest BCUT2D eigenvalue weighted by Crippen LogP contribution is -2.30. The molecule has 4 aromatic carbocycles. The van der Waals surface area contributed by atoms with Crippen molar-refractivity contribution in [2.45, 2.75) is 10.1 Å². The van der Waals surface area contributed by atoms with Crippen molar-refractivity contribution in [2.75, 3.05) is 10.6 Å². The highest BCUT2D eigenvalue weighted by Crippen LogP contribution is 2.37. The van der Waals surface area contributed by atoms with Gasteiger partial charge in [-0.25, -0.2) is 4.39 Å². The van der Waals surface area contributed by atoms with Crippen LogP contribution in [-0.4, -0.2) is 17.7 Å². The van der Waals surface area contributed by atoms with Gasteiger partial charge in [0.2, 0.25) is 5.91 Å². The van der Waals surface area contributed by atoms with Gasteiger partial charge in [-0.3, -0.25) is 14.4 Å². The van der Waals surface area contributed by atoms with Gasteiger partial charge in [-0.1, -0.05) is 60.7 Å². The molecule has 0 fully saturated rings. The zero-order chi connectivity index (χ0) is 30.0. The van der Waals surface area contributed by atoms with Crippen molar-refractivity contribution in [3.05, 3.63) is 154 Å². The van der Waals surface area contributed by atoms with E-state index in [2.05, 4.69) is 16.0 Å². The van der Waals surface area contributed by atoms with Crippen LogP contribution >= 0.6 is 23.1 Å². The molecule has 0 saturated heterocycles. The number of thiophene rings is 1. The Labute approximate surface area is 256 Å². The summed E-state index contributed by atoms with van der Waals surface area (Å²) in [6.07, 6.45) is 1.62. The molecule has 3 N–H and O–H groups in total. The second kappa shape index (κ2) is 14.3. The van der Waals surface area contributed by atoms with Gasteiger partial charge in [-0.05, 0) is 82.6 Å². The first-order valence-corrected chi connectivity index (χ1v) is 15.1. The van der Waals surface area contributed by atoms with Gasteiger partial charge >= 0.3 is 0 Å². The van der Waals surface area contributed by atoms with Gasteiger partial charge < -0.3 is 16.0 Å². The quantitative estimate of drug-likeness (QED) is 0.112. The number of thioether (sulfide) groups is 1. The third-order valence-corrected chi connectivity index (χ3v) is 8.19. The van der Waals surface area contributed by atoms with Crippen molar-refractivity contribution in [1.29, 1.82) is 0 Å². The Balaban J connectivity index is 1.31. The number of halogens is 1. The molecule has 6 nitrogen and oxygen atoms in total. The molecule has 0 aliphatic heterocycles. The zero-order valence-electron chi connectivity index (χ0n) is 22.7. The molecule has 5 aromatic rings. The van der Waals surface area contributed by atoms with Crippen molar-refractivity contribution in [1.82, 2.24) is 5.32 Å². The fraction of sp³-hybridized carbons (Fsp3) is 0.0294. The zero-order valence-corrected chi connectivity index (χ0v) is 24.3. The summed E-state index contributed by atoms with van der Waals surface area (Å²) in [5.41, 5.74) is 2.69. The molecule has 43 heavy (non-hydrogen) atoms. The molecule has 0 spiro atoms. The highest BCUT2D eigenvalue weighted by atomic mass is 32.2. The summed E-state index contributed by atoms with van der Waals surface area (Å²) in [4.78, 5) is 40.1. The average molecular weight is 608 g/mol. The first-order valence-electron chi connectivity index (χ1n) is 13.2. The molecule has 0 saturated carbocycles. The molecule has 214 valence electrons. The van der Waals surface area contributed by atoms with Crippen LogP contribution in [0.4, 0.5) is 15.8 Å². The van der Waals surface area contributed by atoms with E-state index in [1.807, 2.05) is 53.2 Å². The molecule has 1 aromatic heterocycles. The van der Waals surface area contributed by atoms with Crippen LogP contribution in [0.5, 0.6) is 0 Å². The van der Waals surface area contributed by atoms with Crippen LogP contribution in [0, 0.1) is 5.82 Å². The Hall–Kier alpha value is -4.99. The maximum absolute atomic E-state index is 14.2. The molecule has 1 atom stereocenters. The van der Waals surface area contributed by atoms with Crippen molar-refractivity contribution < 1.29 is 18.8 Å². The second-order valence-corrected chi connectivity index (χ2v) is 11.2. The summed E-state index contributed by atoms with van der Waals surface area (Å²) >= 11 is 2.79. The van der Waals surface area contributed by atoms with Crippen LogP contribution in [0.1, 0.15) is 26.7 Å². The molecule has 9 heteroatoms. The predicted molar refractivity (Wildman–Crippen MR) is 171 cm³/mol. The predicted octanol–water partition coefficient (Wildman–Crippen LogP) is 7.77. The van der Waals surface area contributed by atoms with E-state index in [0.717, 1.165) is 16.0 Å². The number of hydrogen-bond donors (Lipinski definition) is 3. The van der Waals surface area contributed by atoms with Gasteiger partial charge in [0.25, 0.3) is 11.8 Å².